The van der Waals surface area contributed by atoms with Crippen LogP contribution < -0.4 is 5.32 Å². The van der Waals surface area contributed by atoms with Gasteiger partial charge in [-0.2, -0.15) is 11.8 Å². The van der Waals surface area contributed by atoms with Crippen molar-refractivity contribution in [2.24, 2.45) is 0 Å². The number of benzene rings is 4. The topological polar surface area (TPSA) is 66.4 Å². The first-order valence-corrected chi connectivity index (χ1v) is 13.9. The maximum atomic E-state index is 13.3. The predicted molar refractivity (Wildman–Crippen MR) is 166 cm³/mol. The molecular formula is C33H32LiNO3S. The molecule has 0 saturated heterocycles. The van der Waals surface area contributed by atoms with Crippen LogP contribution >= 0.6 is 11.8 Å². The van der Waals surface area contributed by atoms with Crippen LogP contribution in [0.25, 0.3) is 34.4 Å². The second-order valence-electron chi connectivity index (χ2n) is 9.09. The summed E-state index contributed by atoms with van der Waals surface area (Å²) in [7, 11) is 0. The number of carboxylic acids is 1. The number of carboxylic acid groups (broad SMARTS) is 1. The van der Waals surface area contributed by atoms with E-state index in [4.69, 9.17) is 0 Å². The summed E-state index contributed by atoms with van der Waals surface area (Å²) in [5, 5.41) is 12.3. The van der Waals surface area contributed by atoms with Crippen LogP contribution in [0.5, 0.6) is 0 Å². The zero-order valence-electron chi connectivity index (χ0n) is 21.6. The Balaban J connectivity index is 0.00000420. The van der Waals surface area contributed by atoms with E-state index >= 15 is 0 Å². The molecule has 6 heteroatoms. The van der Waals surface area contributed by atoms with Gasteiger partial charge in [-0.25, -0.2) is 4.79 Å². The molecule has 39 heavy (non-hydrogen) atoms. The molecule has 0 aliphatic heterocycles. The monoisotopic (exact) mass is 529 g/mol. The van der Waals surface area contributed by atoms with Crippen molar-refractivity contribution < 1.29 is 14.7 Å². The number of hydrogen-bond donors (Lipinski definition) is 2. The molecule has 0 aromatic heterocycles. The van der Waals surface area contributed by atoms with Gasteiger partial charge in [0.25, 0.3) is 5.91 Å². The Kier molecular flexibility index (Phi) is 11.3. The van der Waals surface area contributed by atoms with Crippen molar-refractivity contribution in [3.05, 3.63) is 119 Å². The first-order valence-electron chi connectivity index (χ1n) is 12.5. The van der Waals surface area contributed by atoms with Gasteiger partial charge in [-0.1, -0.05) is 91.0 Å². The van der Waals surface area contributed by atoms with E-state index in [9.17, 15) is 14.7 Å². The van der Waals surface area contributed by atoms with E-state index in [1.54, 1.807) is 17.8 Å². The van der Waals surface area contributed by atoms with Gasteiger partial charge in [-0.15, -0.1) is 0 Å². The summed E-state index contributed by atoms with van der Waals surface area (Å²) >= 11 is 1.56. The molecule has 4 rings (SSSR count). The summed E-state index contributed by atoms with van der Waals surface area (Å²) in [6.07, 6.45) is 6.38. The fourth-order valence-electron chi connectivity index (χ4n) is 4.34. The van der Waals surface area contributed by atoms with E-state index in [1.807, 2.05) is 79.9 Å². The standard InChI is InChI=1S/C33H31NO3S.Li.H/c1-23-9-6-7-14-28(23)30-22-25(17-18-29(30)32(35)34-31(33(36)37)19-20-38-2)16-15-24-10-8-13-27(21-24)26-11-4-3-5-12-26;;/h3-18,21-22,31H,19-20H2,1-2H3,(H,34,35)(H,36,37);;. The van der Waals surface area contributed by atoms with Gasteiger partial charge < -0.3 is 10.4 Å². The summed E-state index contributed by atoms with van der Waals surface area (Å²) < 4.78 is 0. The van der Waals surface area contributed by atoms with Gasteiger partial charge in [-0.3, -0.25) is 4.79 Å². The molecule has 0 radical (unpaired) electrons. The molecule has 4 aromatic rings. The minimum absolute atomic E-state index is 0. The summed E-state index contributed by atoms with van der Waals surface area (Å²) in [5.41, 5.74) is 7.54. The van der Waals surface area contributed by atoms with Crippen LogP contribution in [0, 0.1) is 6.92 Å². The first kappa shape index (κ1) is 30.1. The normalized spacial score (nSPS) is 11.5. The molecule has 0 saturated carbocycles. The first-order chi connectivity index (χ1) is 18.5. The number of nitrogens with one attached hydrogen (secondary N) is 1. The number of hydrogen-bond acceptors (Lipinski definition) is 3. The zero-order valence-corrected chi connectivity index (χ0v) is 22.4. The van der Waals surface area contributed by atoms with Crippen molar-refractivity contribution in [3.8, 4) is 22.3 Å². The molecular weight excluding hydrogens is 497 g/mol. The Labute approximate surface area is 246 Å². The Bertz CT molecular complexity index is 1450. The second kappa shape index (κ2) is 14.6. The van der Waals surface area contributed by atoms with E-state index < -0.39 is 12.0 Å². The molecule has 1 amide bonds. The average Bonchev–Trinajstić information content (AvgIpc) is 2.94. The number of aliphatic carboxylic acids is 1. The van der Waals surface area contributed by atoms with Gasteiger partial charge in [0.1, 0.15) is 6.04 Å². The van der Waals surface area contributed by atoms with Crippen LogP contribution in [0.15, 0.2) is 97.1 Å². The number of carbonyl (C=O) groups is 2. The van der Waals surface area contributed by atoms with Crippen molar-refractivity contribution in [2.45, 2.75) is 19.4 Å². The van der Waals surface area contributed by atoms with Gasteiger partial charge in [0.05, 0.1) is 0 Å². The van der Waals surface area contributed by atoms with Crippen LogP contribution in [-0.4, -0.2) is 53.9 Å². The number of amides is 1. The van der Waals surface area contributed by atoms with Gasteiger partial charge in [0.15, 0.2) is 0 Å². The van der Waals surface area contributed by atoms with E-state index in [0.29, 0.717) is 17.7 Å². The maximum absolute atomic E-state index is 13.3. The van der Waals surface area contributed by atoms with Crippen LogP contribution in [-0.2, 0) is 4.79 Å². The fourth-order valence-corrected chi connectivity index (χ4v) is 4.81. The van der Waals surface area contributed by atoms with Crippen LogP contribution in [0.1, 0.15) is 33.5 Å². The molecule has 4 aromatic carbocycles. The number of thioether (sulfide) groups is 1. The van der Waals surface area contributed by atoms with Gasteiger partial charge in [0.2, 0.25) is 0 Å². The Morgan fingerprint density at radius 3 is 2.18 bits per heavy atom. The summed E-state index contributed by atoms with van der Waals surface area (Å²) in [4.78, 5) is 25.0. The summed E-state index contributed by atoms with van der Waals surface area (Å²) in [5.74, 6) is -0.762. The third kappa shape index (κ3) is 8.00. The van der Waals surface area contributed by atoms with Crippen molar-refractivity contribution in [2.75, 3.05) is 12.0 Å². The summed E-state index contributed by atoms with van der Waals surface area (Å²) in [6, 6.07) is 31.3. The van der Waals surface area contributed by atoms with Crippen LogP contribution in [0.4, 0.5) is 0 Å². The number of aryl methyl sites for hydroxylation is 1. The number of carbonyl (C=O) groups excluding carboxylic acids is 1. The Morgan fingerprint density at radius 1 is 0.821 bits per heavy atom. The molecule has 0 spiro atoms. The molecule has 0 heterocycles. The molecule has 2 N–H and O–H groups in total. The predicted octanol–water partition coefficient (Wildman–Crippen LogP) is 6.79. The van der Waals surface area contributed by atoms with Gasteiger partial charge in [-0.05, 0) is 82.5 Å². The van der Waals surface area contributed by atoms with Crippen LogP contribution in [0.2, 0.25) is 0 Å². The molecule has 194 valence electrons. The minimum atomic E-state index is -1.03. The quantitative estimate of drug-likeness (QED) is 0.175. The Morgan fingerprint density at radius 2 is 1.49 bits per heavy atom. The molecule has 4 nitrogen and oxygen atoms in total. The van der Waals surface area contributed by atoms with Gasteiger partial charge >= 0.3 is 24.8 Å². The van der Waals surface area contributed by atoms with Crippen LogP contribution in [0.3, 0.4) is 0 Å². The van der Waals surface area contributed by atoms with Crippen molar-refractivity contribution in [3.63, 3.8) is 0 Å². The third-order valence-corrected chi connectivity index (χ3v) is 7.04. The second-order valence-corrected chi connectivity index (χ2v) is 10.1. The van der Waals surface area contributed by atoms with E-state index in [-0.39, 0.29) is 24.8 Å². The molecule has 0 aliphatic rings. The Hall–Kier alpha value is -3.49. The molecule has 1 unspecified atom stereocenters. The number of rotatable bonds is 10. The molecule has 0 fully saturated rings. The van der Waals surface area contributed by atoms with Crippen molar-refractivity contribution in [1.82, 2.24) is 5.32 Å². The zero-order chi connectivity index (χ0) is 26.9. The van der Waals surface area contributed by atoms with Gasteiger partial charge in [0, 0.05) is 5.56 Å². The fraction of sp³-hybridized carbons (Fsp3) is 0.152. The molecule has 0 bridgehead atoms. The third-order valence-electron chi connectivity index (χ3n) is 6.40. The van der Waals surface area contributed by atoms with E-state index in [0.717, 1.165) is 38.9 Å². The summed E-state index contributed by atoms with van der Waals surface area (Å²) in [6.45, 7) is 2.01. The molecule has 1 atom stereocenters. The molecule has 0 aliphatic carbocycles. The SMILES string of the molecule is CSCCC(NC(=O)c1ccc(C=Cc2cccc(-c3ccccc3)c2)cc1-c1ccccc1C)C(=O)O.[LiH]. The van der Waals surface area contributed by atoms with Crippen molar-refractivity contribution in [1.29, 1.82) is 0 Å². The van der Waals surface area contributed by atoms with E-state index in [1.165, 1.54) is 0 Å². The van der Waals surface area contributed by atoms with Crippen molar-refractivity contribution >= 4 is 54.7 Å². The van der Waals surface area contributed by atoms with E-state index in [2.05, 4.69) is 41.7 Å². The average molecular weight is 530 g/mol.